The van der Waals surface area contributed by atoms with Crippen LogP contribution in [0.1, 0.15) is 59.2 Å². The van der Waals surface area contributed by atoms with Gasteiger partial charge in [0.15, 0.2) is 5.82 Å². The number of rotatable bonds is 7. The average Bonchev–Trinajstić information content (AvgIpc) is 3.43. The molecular weight excluding hydrogens is 705 g/mol. The molecule has 0 radical (unpaired) electrons. The molecule has 7 heterocycles. The van der Waals surface area contributed by atoms with Crippen molar-refractivity contribution in [1.82, 2.24) is 30.2 Å². The number of piperidine rings is 3. The van der Waals surface area contributed by atoms with E-state index in [1.807, 2.05) is 24.3 Å². The van der Waals surface area contributed by atoms with E-state index in [1.165, 1.54) is 0 Å². The van der Waals surface area contributed by atoms with E-state index < -0.39 is 35.3 Å². The Morgan fingerprint density at radius 1 is 0.836 bits per heavy atom. The van der Waals surface area contributed by atoms with Gasteiger partial charge in [-0.25, -0.2) is 4.39 Å². The van der Waals surface area contributed by atoms with Gasteiger partial charge in [0.2, 0.25) is 11.8 Å². The third-order valence-electron chi connectivity index (χ3n) is 12.5. The summed E-state index contributed by atoms with van der Waals surface area (Å²) < 4.78 is 16.4. The Morgan fingerprint density at radius 3 is 2.40 bits per heavy atom. The topological polar surface area (TPSA) is 155 Å². The van der Waals surface area contributed by atoms with Crippen LogP contribution in [0.5, 0.6) is 5.75 Å². The lowest BCUT2D eigenvalue weighted by Gasteiger charge is -2.48. The molecule has 9 rings (SSSR count). The zero-order valence-electron chi connectivity index (χ0n) is 30.8. The summed E-state index contributed by atoms with van der Waals surface area (Å²) in [4.78, 5) is 60.8. The SMILES string of the molecule is O=C1CCC(N2C(=O)c3ccc(N4CCC(CN5CCC(F)(CN6CCN7c8cc(-c9ccccc9O)nnc8NC[C@H]7C6)CC5)CC4)cc3C2=O)C(=O)N1. The van der Waals surface area contributed by atoms with Crippen LogP contribution in [0.25, 0.3) is 11.3 Å². The summed E-state index contributed by atoms with van der Waals surface area (Å²) in [6, 6.07) is 13.6. The normalized spacial score (nSPS) is 24.6. The smallest absolute Gasteiger partial charge is 0.262 e. The van der Waals surface area contributed by atoms with Gasteiger partial charge in [-0.2, -0.15) is 0 Å². The highest BCUT2D eigenvalue weighted by Crippen LogP contribution is 2.38. The molecule has 6 aliphatic heterocycles. The van der Waals surface area contributed by atoms with Gasteiger partial charge in [0.1, 0.15) is 17.5 Å². The number of para-hydroxylation sites is 1. The lowest BCUT2D eigenvalue weighted by atomic mass is 9.90. The highest BCUT2D eigenvalue weighted by Gasteiger charge is 2.45. The van der Waals surface area contributed by atoms with Crippen LogP contribution in [0.4, 0.5) is 21.6 Å². The van der Waals surface area contributed by atoms with E-state index in [0.29, 0.717) is 48.7 Å². The first-order valence-corrected chi connectivity index (χ1v) is 19.5. The second kappa shape index (κ2) is 14.2. The van der Waals surface area contributed by atoms with Crippen LogP contribution in [-0.4, -0.2) is 137 Å². The Labute approximate surface area is 318 Å². The van der Waals surface area contributed by atoms with E-state index >= 15 is 4.39 Å². The number of carbonyl (C=O) groups excluding carboxylic acids is 4. The summed E-state index contributed by atoms with van der Waals surface area (Å²) in [6.45, 7) is 7.53. The molecule has 55 heavy (non-hydrogen) atoms. The van der Waals surface area contributed by atoms with Gasteiger partial charge >= 0.3 is 0 Å². The molecule has 15 heteroatoms. The van der Waals surface area contributed by atoms with Gasteiger partial charge < -0.3 is 25.1 Å². The van der Waals surface area contributed by atoms with Crippen LogP contribution < -0.4 is 20.4 Å². The number of alkyl halides is 1. The molecule has 2 atom stereocenters. The van der Waals surface area contributed by atoms with Crippen molar-refractivity contribution in [2.45, 2.75) is 56.3 Å². The number of carbonyl (C=O) groups is 4. The molecule has 0 aliphatic carbocycles. The van der Waals surface area contributed by atoms with Gasteiger partial charge in [-0.1, -0.05) is 12.1 Å². The van der Waals surface area contributed by atoms with Crippen LogP contribution in [0.2, 0.25) is 0 Å². The summed E-state index contributed by atoms with van der Waals surface area (Å²) in [5.74, 6) is -0.592. The molecule has 0 bridgehead atoms. The van der Waals surface area contributed by atoms with Crippen LogP contribution in [-0.2, 0) is 9.59 Å². The average molecular weight is 752 g/mol. The van der Waals surface area contributed by atoms with Crippen molar-refractivity contribution in [1.29, 1.82) is 0 Å². The summed E-state index contributed by atoms with van der Waals surface area (Å²) in [7, 11) is 0. The molecule has 1 unspecified atom stereocenters. The first-order chi connectivity index (χ1) is 26.6. The quantitative estimate of drug-likeness (QED) is 0.304. The molecule has 4 amide bonds. The number of anilines is 3. The Kier molecular flexibility index (Phi) is 9.16. The molecule has 4 saturated heterocycles. The van der Waals surface area contributed by atoms with E-state index in [9.17, 15) is 24.3 Å². The minimum Gasteiger partial charge on any atom is -0.507 e. The number of hydrogen-bond donors (Lipinski definition) is 3. The molecule has 0 spiro atoms. The monoisotopic (exact) mass is 751 g/mol. The van der Waals surface area contributed by atoms with E-state index in [0.717, 1.165) is 87.3 Å². The van der Waals surface area contributed by atoms with E-state index in [1.54, 1.807) is 24.3 Å². The Hall–Kier alpha value is -5.15. The fourth-order valence-electron chi connectivity index (χ4n) is 9.41. The molecule has 14 nitrogen and oxygen atoms in total. The second-order valence-electron chi connectivity index (χ2n) is 16.0. The van der Waals surface area contributed by atoms with Crippen LogP contribution in [0.15, 0.2) is 48.5 Å². The first-order valence-electron chi connectivity index (χ1n) is 19.5. The zero-order chi connectivity index (χ0) is 37.8. The number of hydrogen-bond acceptors (Lipinski definition) is 12. The number of phenolic OH excluding ortho intramolecular Hbond substituents is 1. The third-order valence-corrected chi connectivity index (χ3v) is 12.5. The van der Waals surface area contributed by atoms with Crippen molar-refractivity contribution in [3.63, 3.8) is 0 Å². The number of benzene rings is 2. The molecule has 288 valence electrons. The molecule has 3 N–H and O–H groups in total. The number of amides is 4. The van der Waals surface area contributed by atoms with Crippen molar-refractivity contribution < 1.29 is 28.7 Å². The summed E-state index contributed by atoms with van der Waals surface area (Å²) in [5.41, 5.74) is 2.49. The Balaban J connectivity index is 0.745. The standard InChI is InChI=1S/C40H46FN9O5/c41-40(24-47-17-18-49-27(23-47)21-42-36-33(49)20-31(44-45-36)29-3-1-2-4-34(29)51)11-15-46(16-12-40)22-25-9-13-48(14-10-25)26-5-6-28-30(19-26)39(55)50(38(28)54)32-7-8-35(52)43-37(32)53/h1-6,19-20,25,27,32,51H,7-18,21-24H2,(H,42,45)(H,43,52,53)/t27-,32?/m0/s1. The summed E-state index contributed by atoms with van der Waals surface area (Å²) >= 11 is 0. The fourth-order valence-corrected chi connectivity index (χ4v) is 9.41. The van der Waals surface area contributed by atoms with Crippen molar-refractivity contribution in [3.8, 4) is 17.0 Å². The maximum atomic E-state index is 16.4. The highest BCUT2D eigenvalue weighted by atomic mass is 19.1. The maximum absolute atomic E-state index is 16.4. The molecule has 3 aromatic rings. The van der Waals surface area contributed by atoms with E-state index in [2.05, 4.69) is 40.4 Å². The van der Waals surface area contributed by atoms with Crippen molar-refractivity contribution in [2.75, 3.05) is 80.6 Å². The van der Waals surface area contributed by atoms with Gasteiger partial charge in [0.25, 0.3) is 11.8 Å². The number of phenols is 1. The van der Waals surface area contributed by atoms with Crippen LogP contribution in [0.3, 0.4) is 0 Å². The number of aromatic hydroxyl groups is 1. The lowest BCUT2D eigenvalue weighted by molar-refractivity contribution is -0.136. The Morgan fingerprint density at radius 2 is 1.62 bits per heavy atom. The number of fused-ring (bicyclic) bond motifs is 4. The number of aromatic nitrogens is 2. The lowest BCUT2D eigenvalue weighted by Crippen LogP contribution is -2.60. The summed E-state index contributed by atoms with van der Waals surface area (Å²) in [5, 5.41) is 24.8. The van der Waals surface area contributed by atoms with Gasteiger partial charge in [-0.3, -0.25) is 34.3 Å². The van der Waals surface area contributed by atoms with Crippen LogP contribution in [0, 0.1) is 5.92 Å². The van der Waals surface area contributed by atoms with Crippen molar-refractivity contribution >= 4 is 40.8 Å². The highest BCUT2D eigenvalue weighted by molar-refractivity contribution is 6.23. The van der Waals surface area contributed by atoms with E-state index in [-0.39, 0.29) is 30.2 Å². The number of halogens is 1. The minimum atomic E-state index is -1.22. The number of piperazine rings is 1. The van der Waals surface area contributed by atoms with Crippen molar-refractivity contribution in [2.24, 2.45) is 5.92 Å². The van der Waals surface area contributed by atoms with Gasteiger partial charge in [0, 0.05) is 83.1 Å². The molecular formula is C40H46FN9O5. The van der Waals surface area contributed by atoms with Gasteiger partial charge in [-0.05, 0) is 74.4 Å². The van der Waals surface area contributed by atoms with Gasteiger partial charge in [0.05, 0.1) is 28.6 Å². The largest absolute Gasteiger partial charge is 0.507 e. The minimum absolute atomic E-state index is 0.0882. The fraction of sp³-hybridized carbons (Fsp3) is 0.500. The first kappa shape index (κ1) is 35.5. The number of nitrogens with one attached hydrogen (secondary N) is 2. The molecule has 2 aromatic carbocycles. The van der Waals surface area contributed by atoms with E-state index in [4.69, 9.17) is 0 Å². The predicted octanol–water partition coefficient (Wildman–Crippen LogP) is 2.89. The predicted molar refractivity (Wildman–Crippen MR) is 203 cm³/mol. The summed E-state index contributed by atoms with van der Waals surface area (Å²) in [6.07, 6.45) is 3.22. The number of imide groups is 2. The molecule has 4 fully saturated rings. The number of nitrogens with zero attached hydrogens (tertiary/aromatic N) is 7. The molecule has 6 aliphatic rings. The maximum Gasteiger partial charge on any atom is 0.262 e. The molecule has 1 aromatic heterocycles. The van der Waals surface area contributed by atoms with Crippen LogP contribution >= 0.6 is 0 Å². The van der Waals surface area contributed by atoms with Crippen molar-refractivity contribution in [3.05, 3.63) is 59.7 Å². The number of likely N-dealkylation sites (tertiary alicyclic amines) is 1. The Bertz CT molecular complexity index is 2030. The zero-order valence-corrected chi connectivity index (χ0v) is 30.8. The second-order valence-corrected chi connectivity index (χ2v) is 16.0. The third kappa shape index (κ3) is 6.77. The van der Waals surface area contributed by atoms with Gasteiger partial charge in [-0.15, -0.1) is 10.2 Å². The molecule has 0 saturated carbocycles.